The first-order chi connectivity index (χ1) is 13.4. The average Bonchev–Trinajstić information content (AvgIpc) is 3.01. The predicted octanol–water partition coefficient (Wildman–Crippen LogP) is 5.99. The molecule has 0 atom stereocenters. The molecule has 3 aromatic rings. The van der Waals surface area contributed by atoms with Gasteiger partial charge in [-0.05, 0) is 72.4 Å². The third-order valence-corrected chi connectivity index (χ3v) is 8.65. The van der Waals surface area contributed by atoms with E-state index in [1.165, 1.54) is 52.8 Å². The zero-order chi connectivity index (χ0) is 19.7. The van der Waals surface area contributed by atoms with Crippen LogP contribution in [-0.2, 0) is 6.54 Å². The monoisotopic (exact) mass is 412 g/mol. The number of rotatable bonds is 4. The summed E-state index contributed by atoms with van der Waals surface area (Å²) in [5.41, 5.74) is 6.39. The molecule has 1 saturated heterocycles. The van der Waals surface area contributed by atoms with Gasteiger partial charge in [0.2, 0.25) is 0 Å². The number of benzene rings is 2. The molecule has 1 aliphatic heterocycles. The number of hydrogen-bond acceptors (Lipinski definition) is 1. The molecule has 148 valence electrons. The van der Waals surface area contributed by atoms with Crippen molar-refractivity contribution < 1.29 is 0 Å². The van der Waals surface area contributed by atoms with E-state index >= 15 is 0 Å². The first-order valence-electron chi connectivity index (χ1n) is 9.87. The van der Waals surface area contributed by atoms with Crippen LogP contribution in [0, 0.1) is 6.92 Å². The lowest BCUT2D eigenvalue weighted by Crippen LogP contribution is -2.37. The maximum Gasteiger partial charge on any atom is 0.0534 e. The molecule has 1 fully saturated rings. The molecular weight excluding hydrogens is 384 g/mol. The second-order valence-corrected chi connectivity index (χ2v) is 13.1. The molecule has 0 radical (unpaired) electrons. The SMILES string of the molecule is Cc1c(CN2CCS(C)(C)CC2)cc(-c2ccc(Cl)cc2)n1-c1ccccc1. The fraction of sp³-hybridized carbons (Fsp3) is 0.333. The van der Waals surface area contributed by atoms with Crippen LogP contribution in [0.5, 0.6) is 0 Å². The van der Waals surface area contributed by atoms with Crippen LogP contribution in [0.1, 0.15) is 11.3 Å². The highest BCUT2D eigenvalue weighted by molar-refractivity contribution is 8.32. The van der Waals surface area contributed by atoms with Gasteiger partial charge in [-0.2, -0.15) is 0 Å². The van der Waals surface area contributed by atoms with Crippen molar-refractivity contribution in [2.24, 2.45) is 0 Å². The predicted molar refractivity (Wildman–Crippen MR) is 125 cm³/mol. The Hall–Kier alpha value is -1.68. The van der Waals surface area contributed by atoms with Crippen molar-refractivity contribution >= 4 is 21.6 Å². The Bertz CT molecular complexity index is 935. The standard InChI is InChI=1S/C24H29ClN2S/c1-19-21(18-26-13-15-28(2,3)16-14-26)17-24(20-9-11-22(25)12-10-20)27(19)23-7-5-4-6-8-23/h4-12,17H,13-16,18H2,1-3H3. The Kier molecular flexibility index (Phi) is 5.59. The summed E-state index contributed by atoms with van der Waals surface area (Å²) in [5, 5.41) is 0.775. The van der Waals surface area contributed by atoms with E-state index in [0.717, 1.165) is 11.6 Å². The Morgan fingerprint density at radius 3 is 2.21 bits per heavy atom. The van der Waals surface area contributed by atoms with Gasteiger partial charge in [0.25, 0.3) is 0 Å². The van der Waals surface area contributed by atoms with Crippen LogP contribution in [0.2, 0.25) is 5.02 Å². The van der Waals surface area contributed by atoms with Crippen LogP contribution in [0.3, 0.4) is 0 Å². The Morgan fingerprint density at radius 2 is 1.57 bits per heavy atom. The molecule has 0 saturated carbocycles. The molecule has 4 heteroatoms. The highest BCUT2D eigenvalue weighted by atomic mass is 35.5. The molecule has 2 heterocycles. The number of hydrogen-bond donors (Lipinski definition) is 0. The Balaban J connectivity index is 1.71. The second kappa shape index (κ2) is 7.98. The van der Waals surface area contributed by atoms with Gasteiger partial charge in [-0.3, -0.25) is 4.90 Å². The summed E-state index contributed by atoms with van der Waals surface area (Å²) >= 11 is 6.13. The molecule has 28 heavy (non-hydrogen) atoms. The summed E-state index contributed by atoms with van der Waals surface area (Å²) in [6.07, 6.45) is 4.94. The van der Waals surface area contributed by atoms with Crippen LogP contribution in [-0.4, -0.2) is 46.6 Å². The van der Waals surface area contributed by atoms with E-state index in [-0.39, 0.29) is 10.0 Å². The lowest BCUT2D eigenvalue weighted by atomic mass is 10.1. The van der Waals surface area contributed by atoms with Crippen LogP contribution in [0.25, 0.3) is 16.9 Å². The first-order valence-corrected chi connectivity index (χ1v) is 13.0. The first kappa shape index (κ1) is 19.6. The molecule has 0 aliphatic carbocycles. The van der Waals surface area contributed by atoms with E-state index in [4.69, 9.17) is 11.6 Å². The van der Waals surface area contributed by atoms with E-state index in [1.807, 2.05) is 12.1 Å². The third-order valence-electron chi connectivity index (χ3n) is 5.82. The Labute approximate surface area is 175 Å². The minimum atomic E-state index is -0.370. The van der Waals surface area contributed by atoms with Gasteiger partial charge in [-0.15, -0.1) is 0 Å². The van der Waals surface area contributed by atoms with E-state index in [2.05, 4.69) is 77.4 Å². The van der Waals surface area contributed by atoms with E-state index in [1.54, 1.807) is 0 Å². The van der Waals surface area contributed by atoms with Gasteiger partial charge in [0.1, 0.15) is 0 Å². The maximum absolute atomic E-state index is 6.13. The zero-order valence-corrected chi connectivity index (χ0v) is 18.6. The summed E-state index contributed by atoms with van der Waals surface area (Å²) in [4.78, 5) is 2.63. The van der Waals surface area contributed by atoms with Crippen molar-refractivity contribution in [3.8, 4) is 16.9 Å². The lowest BCUT2D eigenvalue weighted by molar-refractivity contribution is 0.292. The number of para-hydroxylation sites is 1. The van der Waals surface area contributed by atoms with Gasteiger partial charge in [0.05, 0.1) is 5.69 Å². The molecule has 4 rings (SSSR count). The topological polar surface area (TPSA) is 8.17 Å². The molecule has 0 bridgehead atoms. The molecule has 0 amide bonds. The van der Waals surface area contributed by atoms with Crippen LogP contribution >= 0.6 is 21.6 Å². The summed E-state index contributed by atoms with van der Waals surface area (Å²) < 4.78 is 2.39. The van der Waals surface area contributed by atoms with E-state index in [9.17, 15) is 0 Å². The van der Waals surface area contributed by atoms with Gasteiger partial charge < -0.3 is 4.57 Å². The summed E-state index contributed by atoms with van der Waals surface area (Å²) in [5.74, 6) is 2.71. The van der Waals surface area contributed by atoms with Crippen molar-refractivity contribution in [2.45, 2.75) is 13.5 Å². The van der Waals surface area contributed by atoms with Gasteiger partial charge in [0, 0.05) is 36.0 Å². The minimum absolute atomic E-state index is 0.370. The summed E-state index contributed by atoms with van der Waals surface area (Å²) in [7, 11) is -0.370. The maximum atomic E-state index is 6.13. The highest BCUT2D eigenvalue weighted by Gasteiger charge is 2.23. The smallest absolute Gasteiger partial charge is 0.0534 e. The second-order valence-electron chi connectivity index (χ2n) is 8.27. The van der Waals surface area contributed by atoms with Crippen LogP contribution < -0.4 is 0 Å². The molecule has 2 aromatic carbocycles. The molecule has 0 spiro atoms. The van der Waals surface area contributed by atoms with Crippen LogP contribution in [0.4, 0.5) is 0 Å². The van der Waals surface area contributed by atoms with Crippen molar-refractivity contribution in [1.82, 2.24) is 9.47 Å². The van der Waals surface area contributed by atoms with Crippen molar-refractivity contribution in [3.63, 3.8) is 0 Å². The summed E-state index contributed by atoms with van der Waals surface area (Å²) in [6.45, 7) is 5.71. The van der Waals surface area contributed by atoms with Crippen LogP contribution in [0.15, 0.2) is 60.7 Å². The molecule has 2 nitrogen and oxygen atoms in total. The van der Waals surface area contributed by atoms with E-state index < -0.39 is 0 Å². The molecule has 0 N–H and O–H groups in total. The zero-order valence-electron chi connectivity index (χ0n) is 17.0. The van der Waals surface area contributed by atoms with Crippen molar-refractivity contribution in [3.05, 3.63) is 76.9 Å². The molecular formula is C24H29ClN2S. The van der Waals surface area contributed by atoms with Gasteiger partial charge in [-0.25, -0.2) is 10.0 Å². The summed E-state index contributed by atoms with van der Waals surface area (Å²) in [6, 6.07) is 21.2. The molecule has 1 aromatic heterocycles. The third kappa shape index (κ3) is 4.17. The van der Waals surface area contributed by atoms with Gasteiger partial charge in [-0.1, -0.05) is 41.9 Å². The van der Waals surface area contributed by atoms with E-state index in [0.29, 0.717) is 0 Å². The molecule has 1 aliphatic rings. The number of nitrogens with zero attached hydrogens (tertiary/aromatic N) is 2. The Morgan fingerprint density at radius 1 is 0.929 bits per heavy atom. The fourth-order valence-corrected chi connectivity index (χ4v) is 5.76. The lowest BCUT2D eigenvalue weighted by Gasteiger charge is -2.41. The van der Waals surface area contributed by atoms with Crippen molar-refractivity contribution in [2.75, 3.05) is 37.1 Å². The fourth-order valence-electron chi connectivity index (χ4n) is 3.93. The van der Waals surface area contributed by atoms with Crippen molar-refractivity contribution in [1.29, 1.82) is 0 Å². The quantitative estimate of drug-likeness (QED) is 0.511. The normalized spacial score (nSPS) is 18.1. The van der Waals surface area contributed by atoms with Gasteiger partial charge >= 0.3 is 0 Å². The average molecular weight is 413 g/mol. The minimum Gasteiger partial charge on any atom is -0.314 e. The molecule has 0 unspecified atom stereocenters. The number of halogens is 1. The highest BCUT2D eigenvalue weighted by Crippen LogP contribution is 2.42. The van der Waals surface area contributed by atoms with Gasteiger partial charge in [0.15, 0.2) is 0 Å². The largest absolute Gasteiger partial charge is 0.314 e. The number of aromatic nitrogens is 1.